The maximum atomic E-state index is 12.6. The Morgan fingerprint density at radius 2 is 1.56 bits per heavy atom. The first-order valence-electron chi connectivity index (χ1n) is 10.8. The van der Waals surface area contributed by atoms with Gasteiger partial charge in [0.05, 0.1) is 6.61 Å². The fourth-order valence-electron chi connectivity index (χ4n) is 3.48. The first kappa shape index (κ1) is 23.0. The molecule has 2 aromatic carbocycles. The monoisotopic (exact) mass is 432 g/mol. The first-order valence-corrected chi connectivity index (χ1v) is 10.8. The van der Waals surface area contributed by atoms with Gasteiger partial charge in [-0.25, -0.2) is 4.79 Å². The maximum Gasteiger partial charge on any atom is 0.330 e. The summed E-state index contributed by atoms with van der Waals surface area (Å²) in [5.41, 5.74) is 2.52. The van der Waals surface area contributed by atoms with Crippen molar-refractivity contribution in [3.63, 3.8) is 0 Å². The minimum absolute atomic E-state index is 0.0285. The van der Waals surface area contributed by atoms with E-state index in [-0.39, 0.29) is 23.7 Å². The molecule has 0 unspecified atom stereocenters. The summed E-state index contributed by atoms with van der Waals surface area (Å²) < 4.78 is 4.85. The highest BCUT2D eigenvalue weighted by atomic mass is 16.5. The Bertz CT molecular complexity index is 973. The number of rotatable bonds is 7. The zero-order valence-corrected chi connectivity index (χ0v) is 18.2. The first-order chi connectivity index (χ1) is 15.5. The molecule has 1 fully saturated rings. The normalized spacial score (nSPS) is 14.6. The summed E-state index contributed by atoms with van der Waals surface area (Å²) in [7, 11) is 0. The fraction of sp³-hybridized carbons (Fsp3) is 0.269. The highest BCUT2D eigenvalue weighted by Gasteiger charge is 2.26. The molecular formula is C26H28N2O4. The third-order valence-corrected chi connectivity index (χ3v) is 5.27. The second-order valence-electron chi connectivity index (χ2n) is 7.54. The lowest BCUT2D eigenvalue weighted by atomic mass is 9.95. The summed E-state index contributed by atoms with van der Waals surface area (Å²) in [6.07, 6.45) is 7.72. The number of hydrogen-bond acceptors (Lipinski definition) is 4. The molecule has 0 saturated carbocycles. The van der Waals surface area contributed by atoms with Crippen molar-refractivity contribution in [2.45, 2.75) is 19.8 Å². The van der Waals surface area contributed by atoms with Crippen LogP contribution in [0.1, 0.15) is 30.9 Å². The minimum Gasteiger partial charge on any atom is -0.463 e. The molecule has 1 aliphatic heterocycles. The average Bonchev–Trinajstić information content (AvgIpc) is 2.83. The van der Waals surface area contributed by atoms with E-state index in [0.717, 1.165) is 11.1 Å². The Labute approximate surface area is 188 Å². The van der Waals surface area contributed by atoms with Crippen LogP contribution in [0.4, 0.5) is 5.69 Å². The molecule has 1 N–H and O–H groups in total. The highest BCUT2D eigenvalue weighted by molar-refractivity contribution is 5.94. The SMILES string of the molecule is CCOC(=O)/C=C/c1ccc(NC(=O)C2CCN(C(=O)/C=C/c3ccccc3)CC2)cc1. The van der Waals surface area contributed by atoms with Crippen molar-refractivity contribution in [2.75, 3.05) is 25.0 Å². The lowest BCUT2D eigenvalue weighted by molar-refractivity contribution is -0.137. The van der Waals surface area contributed by atoms with Gasteiger partial charge in [0.2, 0.25) is 11.8 Å². The number of nitrogens with one attached hydrogen (secondary N) is 1. The molecule has 0 bridgehead atoms. The molecule has 32 heavy (non-hydrogen) atoms. The zero-order valence-electron chi connectivity index (χ0n) is 18.2. The predicted octanol–water partition coefficient (Wildman–Crippen LogP) is 4.15. The summed E-state index contributed by atoms with van der Waals surface area (Å²) in [5.74, 6) is -0.572. The van der Waals surface area contributed by atoms with Crippen LogP contribution in [0.2, 0.25) is 0 Å². The van der Waals surface area contributed by atoms with Gasteiger partial charge in [0.1, 0.15) is 0 Å². The largest absolute Gasteiger partial charge is 0.463 e. The molecule has 1 aliphatic rings. The number of ether oxygens (including phenoxy) is 1. The van der Waals surface area contributed by atoms with E-state index >= 15 is 0 Å². The van der Waals surface area contributed by atoms with Gasteiger partial charge >= 0.3 is 5.97 Å². The van der Waals surface area contributed by atoms with Gasteiger partial charge in [-0.15, -0.1) is 0 Å². The fourth-order valence-corrected chi connectivity index (χ4v) is 3.48. The standard InChI is InChI=1S/C26H28N2O4/c1-2-32-25(30)15-11-21-8-12-23(13-9-21)27-26(31)22-16-18-28(19-17-22)24(29)14-10-20-6-4-3-5-7-20/h3-15,22H,2,16-19H2,1H3,(H,27,31)/b14-10+,15-11+. The summed E-state index contributed by atoms with van der Waals surface area (Å²) in [6, 6.07) is 17.0. The van der Waals surface area contributed by atoms with Crippen molar-refractivity contribution < 1.29 is 19.1 Å². The second-order valence-corrected chi connectivity index (χ2v) is 7.54. The third-order valence-electron chi connectivity index (χ3n) is 5.27. The quantitative estimate of drug-likeness (QED) is 0.527. The number of nitrogens with zero attached hydrogens (tertiary/aromatic N) is 1. The number of piperidine rings is 1. The lowest BCUT2D eigenvalue weighted by Crippen LogP contribution is -2.40. The van der Waals surface area contributed by atoms with Crippen LogP contribution in [0.25, 0.3) is 12.2 Å². The molecule has 2 amide bonds. The highest BCUT2D eigenvalue weighted by Crippen LogP contribution is 2.20. The van der Waals surface area contributed by atoms with E-state index in [1.54, 1.807) is 36.1 Å². The van der Waals surface area contributed by atoms with Crippen LogP contribution in [0.5, 0.6) is 0 Å². The number of carbonyl (C=O) groups excluding carboxylic acids is 3. The van der Waals surface area contributed by atoms with Gasteiger partial charge in [0.25, 0.3) is 0 Å². The predicted molar refractivity (Wildman–Crippen MR) is 126 cm³/mol. The Morgan fingerprint density at radius 1 is 0.938 bits per heavy atom. The Kier molecular flexibility index (Phi) is 8.37. The molecule has 0 aromatic heterocycles. The maximum absolute atomic E-state index is 12.6. The lowest BCUT2D eigenvalue weighted by Gasteiger charge is -2.30. The zero-order chi connectivity index (χ0) is 22.8. The number of amides is 2. The number of likely N-dealkylation sites (tertiary alicyclic amines) is 1. The molecule has 166 valence electrons. The van der Waals surface area contributed by atoms with Crippen molar-refractivity contribution in [1.82, 2.24) is 4.90 Å². The molecule has 6 heteroatoms. The Hall–Kier alpha value is -3.67. The van der Waals surface area contributed by atoms with Crippen LogP contribution in [0.15, 0.2) is 66.7 Å². The molecule has 0 atom stereocenters. The molecule has 3 rings (SSSR count). The Balaban J connectivity index is 1.45. The van der Waals surface area contributed by atoms with E-state index in [1.807, 2.05) is 48.5 Å². The number of hydrogen-bond donors (Lipinski definition) is 1. The van der Waals surface area contributed by atoms with Crippen LogP contribution in [0, 0.1) is 5.92 Å². The molecule has 1 saturated heterocycles. The van der Waals surface area contributed by atoms with E-state index in [4.69, 9.17) is 4.74 Å². The van der Waals surface area contributed by atoms with Gasteiger partial charge in [-0.05, 0) is 55.2 Å². The van der Waals surface area contributed by atoms with Crippen molar-refractivity contribution in [3.05, 3.63) is 77.9 Å². The number of anilines is 1. The third kappa shape index (κ3) is 6.94. The molecule has 0 spiro atoms. The molecule has 2 aromatic rings. The van der Waals surface area contributed by atoms with E-state index < -0.39 is 0 Å². The van der Waals surface area contributed by atoms with Gasteiger partial charge in [0.15, 0.2) is 0 Å². The van der Waals surface area contributed by atoms with Crippen molar-refractivity contribution >= 4 is 35.6 Å². The van der Waals surface area contributed by atoms with Crippen molar-refractivity contribution in [1.29, 1.82) is 0 Å². The van der Waals surface area contributed by atoms with E-state index in [1.165, 1.54) is 6.08 Å². The van der Waals surface area contributed by atoms with Gasteiger partial charge in [0, 0.05) is 36.8 Å². The van der Waals surface area contributed by atoms with Crippen LogP contribution in [-0.2, 0) is 19.1 Å². The number of esters is 1. The topological polar surface area (TPSA) is 75.7 Å². The Morgan fingerprint density at radius 3 is 2.22 bits per heavy atom. The van der Waals surface area contributed by atoms with Gasteiger partial charge in [-0.1, -0.05) is 42.5 Å². The smallest absolute Gasteiger partial charge is 0.330 e. The molecule has 1 heterocycles. The molecule has 0 radical (unpaired) electrons. The van der Waals surface area contributed by atoms with Crippen LogP contribution in [0.3, 0.4) is 0 Å². The van der Waals surface area contributed by atoms with Gasteiger partial charge in [-0.2, -0.15) is 0 Å². The molecule has 6 nitrogen and oxygen atoms in total. The van der Waals surface area contributed by atoms with E-state index in [9.17, 15) is 14.4 Å². The summed E-state index contributed by atoms with van der Waals surface area (Å²) >= 11 is 0. The minimum atomic E-state index is -0.384. The van der Waals surface area contributed by atoms with E-state index in [2.05, 4.69) is 5.32 Å². The summed E-state index contributed by atoms with van der Waals surface area (Å²) in [5, 5.41) is 2.94. The van der Waals surface area contributed by atoms with Crippen LogP contribution >= 0.6 is 0 Å². The van der Waals surface area contributed by atoms with Crippen LogP contribution in [-0.4, -0.2) is 42.4 Å². The number of benzene rings is 2. The van der Waals surface area contributed by atoms with Gasteiger partial charge < -0.3 is 15.0 Å². The number of carbonyl (C=O) groups is 3. The average molecular weight is 433 g/mol. The van der Waals surface area contributed by atoms with Gasteiger partial charge in [-0.3, -0.25) is 9.59 Å². The van der Waals surface area contributed by atoms with Crippen LogP contribution < -0.4 is 5.32 Å². The second kappa shape index (κ2) is 11.6. The summed E-state index contributed by atoms with van der Waals surface area (Å²) in [6.45, 7) is 3.22. The van der Waals surface area contributed by atoms with Crippen molar-refractivity contribution in [3.8, 4) is 0 Å². The molecule has 0 aliphatic carbocycles. The summed E-state index contributed by atoms with van der Waals surface area (Å²) in [4.78, 5) is 38.2. The molecular weight excluding hydrogens is 404 g/mol. The van der Waals surface area contributed by atoms with Crippen molar-refractivity contribution in [2.24, 2.45) is 5.92 Å². The van der Waals surface area contributed by atoms with E-state index in [0.29, 0.717) is 38.2 Å².